The van der Waals surface area contributed by atoms with Crippen LogP contribution in [0.5, 0.6) is 0 Å². The molecule has 2 saturated heterocycles. The quantitative estimate of drug-likeness (QED) is 0.860. The fourth-order valence-electron chi connectivity index (χ4n) is 4.54. The summed E-state index contributed by atoms with van der Waals surface area (Å²) >= 11 is 0. The van der Waals surface area contributed by atoms with Crippen LogP contribution in [0.1, 0.15) is 45.0 Å². The maximum atomic E-state index is 12.9. The third-order valence-corrected chi connectivity index (χ3v) is 5.56. The summed E-state index contributed by atoms with van der Waals surface area (Å²) in [6.45, 7) is 7.74. The summed E-state index contributed by atoms with van der Waals surface area (Å²) in [6, 6.07) is 6.13. The first kappa shape index (κ1) is 16.5. The first-order valence-corrected chi connectivity index (χ1v) is 9.43. The Balaban J connectivity index is 1.49. The van der Waals surface area contributed by atoms with Crippen molar-refractivity contribution in [3.8, 4) is 0 Å². The number of aromatic nitrogens is 3. The number of pyridine rings is 1. The summed E-state index contributed by atoms with van der Waals surface area (Å²) < 4.78 is 2.05. The van der Waals surface area contributed by atoms with Gasteiger partial charge in [-0.3, -0.25) is 14.1 Å². The fraction of sp³-hybridized carbons (Fsp3) is 0.632. The number of likely N-dealkylation sites (tertiary alicyclic amines) is 2. The predicted octanol–water partition coefficient (Wildman–Crippen LogP) is 2.37. The predicted molar refractivity (Wildman–Crippen MR) is 96.1 cm³/mol. The van der Waals surface area contributed by atoms with Crippen molar-refractivity contribution >= 4 is 11.6 Å². The van der Waals surface area contributed by atoms with Crippen molar-refractivity contribution in [1.82, 2.24) is 24.4 Å². The van der Waals surface area contributed by atoms with Crippen molar-refractivity contribution in [3.05, 3.63) is 30.2 Å². The van der Waals surface area contributed by atoms with Crippen molar-refractivity contribution in [2.45, 2.75) is 39.2 Å². The van der Waals surface area contributed by atoms with Crippen LogP contribution in [0.15, 0.2) is 24.4 Å². The molecule has 1 amide bonds. The molecular weight excluding hydrogens is 314 g/mol. The van der Waals surface area contributed by atoms with Gasteiger partial charge in [-0.25, -0.2) is 0 Å². The van der Waals surface area contributed by atoms with E-state index in [4.69, 9.17) is 0 Å². The lowest BCUT2D eigenvalue weighted by molar-refractivity contribution is -0.135. The molecule has 2 aliphatic rings. The van der Waals surface area contributed by atoms with Crippen LogP contribution in [0.2, 0.25) is 0 Å². The molecule has 4 heterocycles. The number of piperidine rings is 1. The van der Waals surface area contributed by atoms with E-state index in [-0.39, 0.29) is 11.9 Å². The Kier molecular flexibility index (Phi) is 4.46. The molecule has 0 N–H and O–H groups in total. The van der Waals surface area contributed by atoms with Gasteiger partial charge >= 0.3 is 0 Å². The smallest absolute Gasteiger partial charge is 0.236 e. The van der Waals surface area contributed by atoms with Gasteiger partial charge in [-0.2, -0.15) is 0 Å². The van der Waals surface area contributed by atoms with E-state index in [0.717, 1.165) is 43.9 Å². The minimum absolute atomic E-state index is 0.181. The zero-order valence-corrected chi connectivity index (χ0v) is 15.1. The van der Waals surface area contributed by atoms with Crippen LogP contribution in [-0.4, -0.2) is 56.5 Å². The third kappa shape index (κ3) is 3.27. The molecule has 0 bridgehead atoms. The van der Waals surface area contributed by atoms with Gasteiger partial charge in [0.15, 0.2) is 11.5 Å². The largest absolute Gasteiger partial charge is 0.341 e. The lowest BCUT2D eigenvalue weighted by Gasteiger charge is -2.36. The second-order valence-corrected chi connectivity index (χ2v) is 7.86. The summed E-state index contributed by atoms with van der Waals surface area (Å²) in [5.74, 6) is 2.42. The van der Waals surface area contributed by atoms with Gasteiger partial charge in [-0.15, -0.1) is 10.2 Å². The van der Waals surface area contributed by atoms with E-state index in [1.807, 2.05) is 24.4 Å². The Morgan fingerprint density at radius 1 is 1.20 bits per heavy atom. The average molecular weight is 341 g/mol. The Bertz CT molecular complexity index is 747. The molecule has 2 fully saturated rings. The van der Waals surface area contributed by atoms with Crippen molar-refractivity contribution in [2.24, 2.45) is 11.8 Å². The minimum atomic E-state index is 0.181. The number of rotatable bonds is 3. The number of carbonyl (C=O) groups excluding carboxylic acids is 1. The highest BCUT2D eigenvalue weighted by atomic mass is 16.2. The van der Waals surface area contributed by atoms with Crippen LogP contribution in [0.25, 0.3) is 5.65 Å². The molecule has 0 spiro atoms. The Morgan fingerprint density at radius 3 is 2.80 bits per heavy atom. The maximum absolute atomic E-state index is 12.9. The highest BCUT2D eigenvalue weighted by molar-refractivity contribution is 5.78. The van der Waals surface area contributed by atoms with Crippen LogP contribution in [0.4, 0.5) is 0 Å². The molecule has 0 saturated carbocycles. The maximum Gasteiger partial charge on any atom is 0.236 e. The van der Waals surface area contributed by atoms with Gasteiger partial charge in [-0.1, -0.05) is 19.9 Å². The summed E-state index contributed by atoms with van der Waals surface area (Å²) in [4.78, 5) is 17.2. The zero-order chi connectivity index (χ0) is 17.4. The number of fused-ring (bicyclic) bond motifs is 1. The standard InChI is InChI=1S/C19H27N5O/c1-14-10-15(2)12-23(11-14)18(25)13-22-8-5-6-16(22)19-21-20-17-7-3-4-9-24(17)19/h3-4,7,9,14-16H,5-6,8,10-13H2,1-2H3/t14-,15-,16+/m1/s1. The average Bonchev–Trinajstić information content (AvgIpc) is 3.20. The lowest BCUT2D eigenvalue weighted by Crippen LogP contribution is -2.47. The summed E-state index contributed by atoms with van der Waals surface area (Å²) in [5, 5.41) is 8.70. The lowest BCUT2D eigenvalue weighted by atomic mass is 9.92. The van der Waals surface area contributed by atoms with E-state index >= 15 is 0 Å². The van der Waals surface area contributed by atoms with Gasteiger partial charge in [0.25, 0.3) is 0 Å². The fourth-order valence-corrected chi connectivity index (χ4v) is 4.54. The minimum Gasteiger partial charge on any atom is -0.341 e. The summed E-state index contributed by atoms with van der Waals surface area (Å²) in [5.41, 5.74) is 0.870. The molecule has 2 aromatic rings. The molecule has 0 radical (unpaired) electrons. The van der Waals surface area contributed by atoms with Crippen molar-refractivity contribution in [1.29, 1.82) is 0 Å². The van der Waals surface area contributed by atoms with Gasteiger partial charge in [0.05, 0.1) is 12.6 Å². The van der Waals surface area contributed by atoms with Gasteiger partial charge in [0.2, 0.25) is 5.91 Å². The summed E-state index contributed by atoms with van der Waals surface area (Å²) in [6.07, 6.45) is 5.38. The topological polar surface area (TPSA) is 53.7 Å². The first-order valence-electron chi connectivity index (χ1n) is 9.43. The molecule has 3 atom stereocenters. The molecule has 2 aliphatic heterocycles. The normalized spacial score (nSPS) is 27.9. The molecule has 25 heavy (non-hydrogen) atoms. The molecule has 0 aliphatic carbocycles. The van der Waals surface area contributed by atoms with Crippen molar-refractivity contribution in [3.63, 3.8) is 0 Å². The van der Waals surface area contributed by atoms with E-state index in [1.165, 1.54) is 6.42 Å². The van der Waals surface area contributed by atoms with Crippen LogP contribution in [0, 0.1) is 11.8 Å². The molecule has 134 valence electrons. The molecule has 6 heteroatoms. The van der Waals surface area contributed by atoms with E-state index in [2.05, 4.69) is 38.2 Å². The Labute approximate surface area is 148 Å². The first-order chi connectivity index (χ1) is 12.1. The molecule has 2 aromatic heterocycles. The molecule has 0 aromatic carbocycles. The molecule has 4 rings (SSSR count). The van der Waals surface area contributed by atoms with Crippen molar-refractivity contribution < 1.29 is 4.79 Å². The van der Waals surface area contributed by atoms with Crippen molar-refractivity contribution in [2.75, 3.05) is 26.2 Å². The number of hydrogen-bond acceptors (Lipinski definition) is 4. The van der Waals surface area contributed by atoms with Gasteiger partial charge < -0.3 is 4.90 Å². The van der Waals surface area contributed by atoms with E-state index in [0.29, 0.717) is 18.4 Å². The van der Waals surface area contributed by atoms with E-state index in [1.54, 1.807) is 0 Å². The number of hydrogen-bond donors (Lipinski definition) is 0. The van der Waals surface area contributed by atoms with E-state index in [9.17, 15) is 4.79 Å². The SMILES string of the molecule is C[C@@H]1C[C@@H](C)CN(C(=O)CN2CCC[C@H]2c2nnc3ccccn23)C1. The second kappa shape index (κ2) is 6.75. The number of amides is 1. The van der Waals surface area contributed by atoms with Gasteiger partial charge in [-0.05, 0) is 49.8 Å². The number of carbonyl (C=O) groups is 1. The Hall–Kier alpha value is -1.95. The molecular formula is C19H27N5O. The highest BCUT2D eigenvalue weighted by Crippen LogP contribution is 2.31. The van der Waals surface area contributed by atoms with Crippen LogP contribution < -0.4 is 0 Å². The van der Waals surface area contributed by atoms with Crippen LogP contribution in [0.3, 0.4) is 0 Å². The third-order valence-electron chi connectivity index (χ3n) is 5.56. The van der Waals surface area contributed by atoms with Gasteiger partial charge in [0.1, 0.15) is 0 Å². The van der Waals surface area contributed by atoms with Crippen LogP contribution in [-0.2, 0) is 4.79 Å². The Morgan fingerprint density at radius 2 is 2.00 bits per heavy atom. The summed E-state index contributed by atoms with van der Waals surface area (Å²) in [7, 11) is 0. The highest BCUT2D eigenvalue weighted by Gasteiger charge is 2.33. The van der Waals surface area contributed by atoms with E-state index < -0.39 is 0 Å². The van der Waals surface area contributed by atoms with Crippen LogP contribution >= 0.6 is 0 Å². The number of nitrogens with zero attached hydrogens (tertiary/aromatic N) is 5. The molecule has 0 unspecified atom stereocenters. The second-order valence-electron chi connectivity index (χ2n) is 7.86. The monoisotopic (exact) mass is 341 g/mol. The molecule has 6 nitrogen and oxygen atoms in total. The zero-order valence-electron chi connectivity index (χ0n) is 15.1. The van der Waals surface area contributed by atoms with Gasteiger partial charge in [0, 0.05) is 19.3 Å².